The molecular formula is C15H17ClFNO3. The molecule has 1 aliphatic heterocycles. The average molecular weight is 314 g/mol. The monoisotopic (exact) mass is 313 g/mol. The summed E-state index contributed by atoms with van der Waals surface area (Å²) in [5.41, 5.74) is 0.138. The Labute approximate surface area is 127 Å². The number of rotatable bonds is 4. The summed E-state index contributed by atoms with van der Waals surface area (Å²) in [4.78, 5) is 24.9. The van der Waals surface area contributed by atoms with Gasteiger partial charge in [0, 0.05) is 19.0 Å². The molecule has 1 atom stereocenters. The van der Waals surface area contributed by atoms with Gasteiger partial charge in [0.2, 0.25) is 0 Å². The van der Waals surface area contributed by atoms with Gasteiger partial charge in [0.1, 0.15) is 5.82 Å². The zero-order valence-corrected chi connectivity index (χ0v) is 12.3. The number of piperidine rings is 1. The molecule has 114 valence electrons. The van der Waals surface area contributed by atoms with Crippen molar-refractivity contribution in [1.82, 2.24) is 4.90 Å². The lowest BCUT2D eigenvalue weighted by Crippen LogP contribution is -2.44. The minimum absolute atomic E-state index is 0.0192. The Kier molecular flexibility index (Phi) is 5.17. The largest absolute Gasteiger partial charge is 0.481 e. The van der Waals surface area contributed by atoms with E-state index in [1.54, 1.807) is 4.90 Å². The molecule has 6 heteroatoms. The number of benzene rings is 1. The lowest BCUT2D eigenvalue weighted by Gasteiger charge is -2.36. The summed E-state index contributed by atoms with van der Waals surface area (Å²) < 4.78 is 13.5. The molecular weight excluding hydrogens is 297 g/mol. The first-order chi connectivity index (χ1) is 10.0. The average Bonchev–Trinajstić information content (AvgIpc) is 2.47. The van der Waals surface area contributed by atoms with Crippen molar-refractivity contribution in [1.29, 1.82) is 0 Å². The van der Waals surface area contributed by atoms with Gasteiger partial charge >= 0.3 is 5.97 Å². The van der Waals surface area contributed by atoms with Crippen LogP contribution in [0.5, 0.6) is 0 Å². The second kappa shape index (κ2) is 6.89. The van der Waals surface area contributed by atoms with Crippen molar-refractivity contribution in [2.24, 2.45) is 0 Å². The molecule has 0 aromatic heterocycles. The standard InChI is InChI=1S/C15H17ClFNO3/c16-14-11(5-3-6-12(14)17)15(21)18-9-2-1-4-10(18)7-8-13(19)20/h3,5-6,10H,1-2,4,7-9H2,(H,19,20). The van der Waals surface area contributed by atoms with E-state index in [1.165, 1.54) is 18.2 Å². The van der Waals surface area contributed by atoms with Crippen molar-refractivity contribution >= 4 is 23.5 Å². The van der Waals surface area contributed by atoms with Crippen LogP contribution in [0.2, 0.25) is 5.02 Å². The Morgan fingerprint density at radius 1 is 1.38 bits per heavy atom. The molecule has 4 nitrogen and oxygen atoms in total. The number of halogens is 2. The van der Waals surface area contributed by atoms with Crippen LogP contribution in [0, 0.1) is 5.82 Å². The number of likely N-dealkylation sites (tertiary alicyclic amines) is 1. The molecule has 1 heterocycles. The molecule has 1 aromatic carbocycles. The Morgan fingerprint density at radius 3 is 2.86 bits per heavy atom. The Hall–Kier alpha value is -1.62. The van der Waals surface area contributed by atoms with Gasteiger partial charge in [-0.2, -0.15) is 0 Å². The minimum atomic E-state index is -0.878. The number of carbonyl (C=O) groups is 2. The maximum atomic E-state index is 13.5. The Morgan fingerprint density at radius 2 is 2.14 bits per heavy atom. The third kappa shape index (κ3) is 3.73. The first kappa shape index (κ1) is 15.8. The fourth-order valence-electron chi connectivity index (χ4n) is 2.68. The van der Waals surface area contributed by atoms with E-state index < -0.39 is 11.8 Å². The van der Waals surface area contributed by atoms with E-state index in [0.717, 1.165) is 19.3 Å². The molecule has 1 aliphatic rings. The van der Waals surface area contributed by atoms with Gasteiger partial charge in [-0.3, -0.25) is 9.59 Å². The van der Waals surface area contributed by atoms with Gasteiger partial charge in [-0.05, 0) is 37.8 Å². The van der Waals surface area contributed by atoms with Crippen LogP contribution in [0.25, 0.3) is 0 Å². The van der Waals surface area contributed by atoms with Crippen LogP contribution in [0.4, 0.5) is 4.39 Å². The maximum Gasteiger partial charge on any atom is 0.303 e. The van der Waals surface area contributed by atoms with Gasteiger partial charge in [0.15, 0.2) is 0 Å². The van der Waals surface area contributed by atoms with Crippen molar-refractivity contribution in [3.63, 3.8) is 0 Å². The van der Waals surface area contributed by atoms with Crippen LogP contribution in [0.3, 0.4) is 0 Å². The van der Waals surface area contributed by atoms with Crippen molar-refractivity contribution in [3.05, 3.63) is 34.6 Å². The molecule has 21 heavy (non-hydrogen) atoms. The zero-order valence-electron chi connectivity index (χ0n) is 11.5. The summed E-state index contributed by atoms with van der Waals surface area (Å²) in [6.45, 7) is 0.552. The van der Waals surface area contributed by atoms with E-state index in [-0.39, 0.29) is 29.0 Å². The molecule has 1 aromatic rings. The third-order valence-corrected chi connectivity index (χ3v) is 4.15. The van der Waals surface area contributed by atoms with Crippen LogP contribution in [-0.2, 0) is 4.79 Å². The fraction of sp³-hybridized carbons (Fsp3) is 0.467. The van der Waals surface area contributed by atoms with E-state index in [1.807, 2.05) is 0 Å². The molecule has 2 rings (SSSR count). The van der Waals surface area contributed by atoms with E-state index in [0.29, 0.717) is 13.0 Å². The fourth-order valence-corrected chi connectivity index (χ4v) is 2.89. The van der Waals surface area contributed by atoms with Crippen molar-refractivity contribution < 1.29 is 19.1 Å². The van der Waals surface area contributed by atoms with Gasteiger partial charge in [0.25, 0.3) is 5.91 Å². The highest BCUT2D eigenvalue weighted by atomic mass is 35.5. The molecule has 0 aliphatic carbocycles. The lowest BCUT2D eigenvalue weighted by atomic mass is 9.97. The molecule has 1 N–H and O–H groups in total. The number of carboxylic acid groups (broad SMARTS) is 1. The van der Waals surface area contributed by atoms with E-state index in [9.17, 15) is 14.0 Å². The Balaban J connectivity index is 2.18. The zero-order chi connectivity index (χ0) is 15.4. The quantitative estimate of drug-likeness (QED) is 0.927. The van der Waals surface area contributed by atoms with Crippen molar-refractivity contribution in [3.8, 4) is 0 Å². The maximum absolute atomic E-state index is 13.5. The van der Waals surface area contributed by atoms with Crippen LogP contribution in [0.1, 0.15) is 42.5 Å². The molecule has 0 spiro atoms. The molecule has 1 saturated heterocycles. The predicted molar refractivity (Wildman–Crippen MR) is 77.0 cm³/mol. The number of hydrogen-bond acceptors (Lipinski definition) is 2. The SMILES string of the molecule is O=C(O)CCC1CCCCN1C(=O)c1cccc(F)c1Cl. The van der Waals surface area contributed by atoms with E-state index >= 15 is 0 Å². The topological polar surface area (TPSA) is 57.6 Å². The summed E-state index contributed by atoms with van der Waals surface area (Å²) >= 11 is 5.87. The van der Waals surface area contributed by atoms with E-state index in [2.05, 4.69) is 0 Å². The second-order valence-corrected chi connectivity index (χ2v) is 5.56. The van der Waals surface area contributed by atoms with Crippen molar-refractivity contribution in [2.75, 3.05) is 6.54 Å². The number of carbonyl (C=O) groups excluding carboxylic acids is 1. The normalized spacial score (nSPS) is 18.6. The van der Waals surface area contributed by atoms with Crippen LogP contribution < -0.4 is 0 Å². The molecule has 1 amide bonds. The summed E-state index contributed by atoms with van der Waals surface area (Å²) in [7, 11) is 0. The van der Waals surface area contributed by atoms with Gasteiger partial charge in [-0.15, -0.1) is 0 Å². The minimum Gasteiger partial charge on any atom is -0.481 e. The first-order valence-electron chi connectivity index (χ1n) is 6.97. The summed E-state index contributed by atoms with van der Waals surface area (Å²) in [6, 6.07) is 4.03. The predicted octanol–water partition coefficient (Wildman–Crippen LogP) is 3.34. The molecule has 0 bridgehead atoms. The third-order valence-electron chi connectivity index (χ3n) is 3.76. The molecule has 0 radical (unpaired) electrons. The molecule has 0 saturated carbocycles. The number of amides is 1. The Bertz CT molecular complexity index is 550. The van der Waals surface area contributed by atoms with E-state index in [4.69, 9.17) is 16.7 Å². The highest BCUT2D eigenvalue weighted by Crippen LogP contribution is 2.26. The highest BCUT2D eigenvalue weighted by Gasteiger charge is 2.29. The van der Waals surface area contributed by atoms with Gasteiger partial charge in [-0.25, -0.2) is 4.39 Å². The number of nitrogens with zero attached hydrogens (tertiary/aromatic N) is 1. The summed E-state index contributed by atoms with van der Waals surface area (Å²) in [6.07, 6.45) is 3.03. The van der Waals surface area contributed by atoms with Crippen LogP contribution in [0.15, 0.2) is 18.2 Å². The second-order valence-electron chi connectivity index (χ2n) is 5.18. The summed E-state index contributed by atoms with van der Waals surface area (Å²) in [5, 5.41) is 8.62. The van der Waals surface area contributed by atoms with Crippen molar-refractivity contribution in [2.45, 2.75) is 38.1 Å². The van der Waals surface area contributed by atoms with Gasteiger partial charge in [0.05, 0.1) is 10.6 Å². The number of hydrogen-bond donors (Lipinski definition) is 1. The first-order valence-corrected chi connectivity index (χ1v) is 7.35. The molecule has 1 unspecified atom stereocenters. The van der Waals surface area contributed by atoms with Gasteiger partial charge < -0.3 is 10.0 Å². The number of aliphatic carboxylic acids is 1. The lowest BCUT2D eigenvalue weighted by molar-refractivity contribution is -0.137. The molecule has 1 fully saturated rings. The van der Waals surface area contributed by atoms with Crippen LogP contribution in [-0.4, -0.2) is 34.5 Å². The highest BCUT2D eigenvalue weighted by molar-refractivity contribution is 6.34. The van der Waals surface area contributed by atoms with Crippen LogP contribution >= 0.6 is 11.6 Å². The smallest absolute Gasteiger partial charge is 0.303 e. The summed E-state index contributed by atoms with van der Waals surface area (Å²) in [5.74, 6) is -1.83. The van der Waals surface area contributed by atoms with Gasteiger partial charge in [-0.1, -0.05) is 17.7 Å². The number of carboxylic acids is 1.